The van der Waals surface area contributed by atoms with Crippen LogP contribution >= 0.6 is 15.9 Å². The van der Waals surface area contributed by atoms with Gasteiger partial charge in [0.1, 0.15) is 0 Å². The van der Waals surface area contributed by atoms with E-state index in [1.54, 1.807) is 0 Å². The normalized spacial score (nSPS) is 10.1. The quantitative estimate of drug-likeness (QED) is 0.695. The van der Waals surface area contributed by atoms with Crippen molar-refractivity contribution in [2.24, 2.45) is 0 Å². The van der Waals surface area contributed by atoms with Crippen LogP contribution in [0.1, 0.15) is 25.0 Å². The van der Waals surface area contributed by atoms with Crippen molar-refractivity contribution in [2.75, 3.05) is 0 Å². The number of allylic oxidation sites excluding steroid dienone is 1. The van der Waals surface area contributed by atoms with Gasteiger partial charge in [-0.25, -0.2) is 0 Å². The maximum atomic E-state index is 3.95. The lowest BCUT2D eigenvalue weighted by atomic mass is 10.00. The number of hydrogen-bond donors (Lipinski definition) is 0. The van der Waals surface area contributed by atoms with Gasteiger partial charge in [-0.15, -0.1) is 0 Å². The maximum absolute atomic E-state index is 3.95. The Balaban J connectivity index is 3.07. The first-order valence-corrected chi connectivity index (χ1v) is 5.35. The summed E-state index contributed by atoms with van der Waals surface area (Å²) in [5.74, 6) is 0. The van der Waals surface area contributed by atoms with Gasteiger partial charge in [0.2, 0.25) is 0 Å². The topological polar surface area (TPSA) is 0 Å². The zero-order chi connectivity index (χ0) is 9.84. The zero-order valence-electron chi connectivity index (χ0n) is 8.23. The Morgan fingerprint density at radius 2 is 2.15 bits per heavy atom. The standard InChI is InChI=1S/C12H15Br/c1-4-10-6-5-7-12(13)11(10)8-9(2)3/h5-7H,2,4,8H2,1,3H3. The van der Waals surface area contributed by atoms with Gasteiger partial charge in [0.15, 0.2) is 0 Å². The van der Waals surface area contributed by atoms with Crippen molar-refractivity contribution in [3.63, 3.8) is 0 Å². The molecule has 0 heterocycles. The second kappa shape index (κ2) is 4.61. The van der Waals surface area contributed by atoms with E-state index in [0.29, 0.717) is 0 Å². The third kappa shape index (κ3) is 2.70. The minimum Gasteiger partial charge on any atom is -0.0998 e. The Kier molecular flexibility index (Phi) is 3.73. The van der Waals surface area contributed by atoms with Gasteiger partial charge in [0.05, 0.1) is 0 Å². The summed E-state index contributed by atoms with van der Waals surface area (Å²) >= 11 is 3.58. The highest BCUT2D eigenvalue weighted by molar-refractivity contribution is 9.10. The van der Waals surface area contributed by atoms with Gasteiger partial charge in [0.25, 0.3) is 0 Å². The molecule has 0 aliphatic carbocycles. The van der Waals surface area contributed by atoms with Gasteiger partial charge in [-0.05, 0) is 37.0 Å². The SMILES string of the molecule is C=C(C)Cc1c(Br)cccc1CC. The van der Waals surface area contributed by atoms with Crippen LogP contribution in [-0.2, 0) is 12.8 Å². The Bertz CT molecular complexity index is 313. The van der Waals surface area contributed by atoms with Crippen molar-refractivity contribution < 1.29 is 0 Å². The molecule has 0 aliphatic rings. The highest BCUT2D eigenvalue weighted by Crippen LogP contribution is 2.23. The summed E-state index contributed by atoms with van der Waals surface area (Å²) < 4.78 is 1.20. The first kappa shape index (κ1) is 10.5. The van der Waals surface area contributed by atoms with Gasteiger partial charge in [0, 0.05) is 4.47 Å². The third-order valence-corrected chi connectivity index (χ3v) is 2.82. The molecular weight excluding hydrogens is 224 g/mol. The molecule has 70 valence electrons. The molecule has 0 saturated carbocycles. The lowest BCUT2D eigenvalue weighted by molar-refractivity contribution is 1.04. The minimum atomic E-state index is 0.977. The van der Waals surface area contributed by atoms with Crippen LogP contribution in [0.4, 0.5) is 0 Å². The summed E-state index contributed by atoms with van der Waals surface area (Å²) in [5.41, 5.74) is 4.01. The summed E-state index contributed by atoms with van der Waals surface area (Å²) in [4.78, 5) is 0. The summed E-state index contributed by atoms with van der Waals surface area (Å²) in [6.07, 6.45) is 2.06. The number of halogens is 1. The molecule has 0 amide bonds. The summed E-state index contributed by atoms with van der Waals surface area (Å²) in [6.45, 7) is 8.20. The van der Waals surface area contributed by atoms with E-state index in [-0.39, 0.29) is 0 Å². The molecule has 0 saturated heterocycles. The van der Waals surface area contributed by atoms with Gasteiger partial charge in [-0.3, -0.25) is 0 Å². The van der Waals surface area contributed by atoms with E-state index < -0.39 is 0 Å². The van der Waals surface area contributed by atoms with Crippen LogP contribution in [0.15, 0.2) is 34.8 Å². The zero-order valence-corrected chi connectivity index (χ0v) is 9.82. The molecule has 13 heavy (non-hydrogen) atoms. The Labute approximate surface area is 88.8 Å². The number of rotatable bonds is 3. The molecule has 0 unspecified atom stereocenters. The van der Waals surface area contributed by atoms with Crippen LogP contribution in [0, 0.1) is 0 Å². The molecule has 0 fully saturated rings. The molecule has 0 aliphatic heterocycles. The van der Waals surface area contributed by atoms with Crippen LogP contribution < -0.4 is 0 Å². The predicted molar refractivity (Wildman–Crippen MR) is 62.0 cm³/mol. The molecule has 1 rings (SSSR count). The minimum absolute atomic E-state index is 0.977. The lowest BCUT2D eigenvalue weighted by Crippen LogP contribution is -1.94. The van der Waals surface area contributed by atoms with E-state index >= 15 is 0 Å². The fraction of sp³-hybridized carbons (Fsp3) is 0.333. The second-order valence-electron chi connectivity index (χ2n) is 3.36. The van der Waals surface area contributed by atoms with Gasteiger partial charge in [-0.1, -0.05) is 47.1 Å². The number of aryl methyl sites for hydroxylation is 1. The Morgan fingerprint density at radius 1 is 1.46 bits per heavy atom. The van der Waals surface area contributed by atoms with E-state index in [9.17, 15) is 0 Å². The first-order chi connectivity index (χ1) is 6.15. The average molecular weight is 239 g/mol. The van der Waals surface area contributed by atoms with Crippen LogP contribution in [0.5, 0.6) is 0 Å². The third-order valence-electron chi connectivity index (χ3n) is 2.08. The van der Waals surface area contributed by atoms with Crippen LogP contribution in [0.25, 0.3) is 0 Å². The predicted octanol–water partition coefficient (Wildman–Crippen LogP) is 4.13. The largest absolute Gasteiger partial charge is 0.0998 e. The lowest BCUT2D eigenvalue weighted by Gasteiger charge is -2.09. The molecule has 0 atom stereocenters. The van der Waals surface area contributed by atoms with E-state index in [1.165, 1.54) is 21.2 Å². The molecule has 0 nitrogen and oxygen atoms in total. The van der Waals surface area contributed by atoms with Gasteiger partial charge < -0.3 is 0 Å². The molecule has 1 aromatic rings. The molecule has 1 heteroatoms. The van der Waals surface area contributed by atoms with E-state index in [0.717, 1.165) is 12.8 Å². The molecule has 0 N–H and O–H groups in total. The average Bonchev–Trinajstić information content (AvgIpc) is 2.08. The van der Waals surface area contributed by atoms with Crippen molar-refractivity contribution in [3.8, 4) is 0 Å². The van der Waals surface area contributed by atoms with Crippen molar-refractivity contribution in [3.05, 3.63) is 46.0 Å². The summed E-state index contributed by atoms with van der Waals surface area (Å²) in [7, 11) is 0. The van der Waals surface area contributed by atoms with Gasteiger partial charge in [-0.2, -0.15) is 0 Å². The van der Waals surface area contributed by atoms with E-state index in [4.69, 9.17) is 0 Å². The summed E-state index contributed by atoms with van der Waals surface area (Å²) in [5, 5.41) is 0. The van der Waals surface area contributed by atoms with Crippen LogP contribution in [0.3, 0.4) is 0 Å². The molecular formula is C12H15Br. The van der Waals surface area contributed by atoms with Crippen LogP contribution in [-0.4, -0.2) is 0 Å². The monoisotopic (exact) mass is 238 g/mol. The molecule has 0 radical (unpaired) electrons. The highest BCUT2D eigenvalue weighted by Gasteiger charge is 2.04. The second-order valence-corrected chi connectivity index (χ2v) is 4.22. The number of benzene rings is 1. The van der Waals surface area contributed by atoms with Crippen LogP contribution in [0.2, 0.25) is 0 Å². The fourth-order valence-corrected chi connectivity index (χ4v) is 1.98. The molecule has 0 spiro atoms. The van der Waals surface area contributed by atoms with E-state index in [2.05, 4.69) is 54.6 Å². The Hall–Kier alpha value is -0.560. The molecule has 0 aromatic heterocycles. The Morgan fingerprint density at radius 3 is 2.69 bits per heavy atom. The highest BCUT2D eigenvalue weighted by atomic mass is 79.9. The molecule has 0 bridgehead atoms. The van der Waals surface area contributed by atoms with Crippen molar-refractivity contribution >= 4 is 15.9 Å². The molecule has 1 aromatic carbocycles. The number of hydrogen-bond acceptors (Lipinski definition) is 0. The first-order valence-electron chi connectivity index (χ1n) is 4.55. The van der Waals surface area contributed by atoms with E-state index in [1.807, 2.05) is 0 Å². The fourth-order valence-electron chi connectivity index (χ4n) is 1.43. The summed E-state index contributed by atoms with van der Waals surface area (Å²) in [6, 6.07) is 6.37. The van der Waals surface area contributed by atoms with Crippen molar-refractivity contribution in [2.45, 2.75) is 26.7 Å². The van der Waals surface area contributed by atoms with Crippen molar-refractivity contribution in [1.82, 2.24) is 0 Å². The van der Waals surface area contributed by atoms with Gasteiger partial charge >= 0.3 is 0 Å². The smallest absolute Gasteiger partial charge is 0.0213 e. The maximum Gasteiger partial charge on any atom is 0.0213 e. The van der Waals surface area contributed by atoms with Crippen molar-refractivity contribution in [1.29, 1.82) is 0 Å².